The molecule has 0 radical (unpaired) electrons. The Morgan fingerprint density at radius 2 is 2.16 bits per heavy atom. The number of nitrogens with one attached hydrogen (secondary N) is 1. The molecule has 0 unspecified atom stereocenters. The van der Waals surface area contributed by atoms with Crippen LogP contribution in [-0.2, 0) is 0 Å². The lowest BCUT2D eigenvalue weighted by Crippen LogP contribution is -2.11. The number of hydrogen-bond acceptors (Lipinski definition) is 5. The van der Waals surface area contributed by atoms with Gasteiger partial charge in [-0.2, -0.15) is 0 Å². The van der Waals surface area contributed by atoms with Gasteiger partial charge in [0, 0.05) is 6.07 Å². The van der Waals surface area contributed by atoms with E-state index in [0.717, 1.165) is 11.3 Å². The number of aryl methyl sites for hydroxylation is 1. The third kappa shape index (κ3) is 3.07. The molecule has 2 heterocycles. The molecule has 0 aromatic carbocycles. The molecule has 1 N–H and O–H groups in total. The third-order valence-electron chi connectivity index (χ3n) is 2.30. The smallest absolute Gasteiger partial charge is 0.320 e. The molecule has 0 atom stereocenters. The SMILES string of the molecule is Cc1nc(Cl)ccc1NC(=O)c1ccc([N+](=O)[O-])s1. The van der Waals surface area contributed by atoms with Crippen LogP contribution in [0, 0.1) is 17.0 Å². The van der Waals surface area contributed by atoms with Crippen molar-refractivity contribution in [2.75, 3.05) is 5.32 Å². The summed E-state index contributed by atoms with van der Waals surface area (Å²) in [5, 5.41) is 13.4. The maximum atomic E-state index is 11.9. The molecule has 19 heavy (non-hydrogen) atoms. The average molecular weight is 298 g/mol. The highest BCUT2D eigenvalue weighted by atomic mass is 35.5. The number of pyridine rings is 1. The van der Waals surface area contributed by atoms with Gasteiger partial charge in [0.25, 0.3) is 5.91 Å². The summed E-state index contributed by atoms with van der Waals surface area (Å²) < 4.78 is 0. The molecule has 2 aromatic rings. The average Bonchev–Trinajstić information content (AvgIpc) is 2.82. The Morgan fingerprint density at radius 3 is 2.74 bits per heavy atom. The molecule has 98 valence electrons. The van der Waals surface area contributed by atoms with Crippen LogP contribution in [0.1, 0.15) is 15.4 Å². The van der Waals surface area contributed by atoms with Crippen molar-refractivity contribution < 1.29 is 9.72 Å². The third-order valence-corrected chi connectivity index (χ3v) is 3.54. The molecule has 0 saturated heterocycles. The van der Waals surface area contributed by atoms with Gasteiger partial charge in [0.15, 0.2) is 0 Å². The normalized spacial score (nSPS) is 10.2. The predicted octanol–water partition coefficient (Wildman–Crippen LogP) is 3.27. The van der Waals surface area contributed by atoms with Crippen molar-refractivity contribution in [2.24, 2.45) is 0 Å². The van der Waals surface area contributed by atoms with Crippen LogP contribution in [-0.4, -0.2) is 15.8 Å². The minimum absolute atomic E-state index is 0.0731. The first-order valence-electron chi connectivity index (χ1n) is 5.16. The van der Waals surface area contributed by atoms with E-state index in [4.69, 9.17) is 11.6 Å². The van der Waals surface area contributed by atoms with Gasteiger partial charge < -0.3 is 5.32 Å². The second-order valence-electron chi connectivity index (χ2n) is 3.62. The molecule has 0 bridgehead atoms. The zero-order chi connectivity index (χ0) is 14.0. The van der Waals surface area contributed by atoms with Crippen molar-refractivity contribution >= 4 is 39.5 Å². The zero-order valence-electron chi connectivity index (χ0n) is 9.71. The minimum atomic E-state index is -0.531. The first-order chi connectivity index (χ1) is 8.97. The molecule has 0 saturated carbocycles. The Hall–Kier alpha value is -1.99. The Bertz CT molecular complexity index is 656. The fourth-order valence-electron chi connectivity index (χ4n) is 1.39. The van der Waals surface area contributed by atoms with E-state index in [9.17, 15) is 14.9 Å². The van der Waals surface area contributed by atoms with Gasteiger partial charge in [-0.15, -0.1) is 0 Å². The van der Waals surface area contributed by atoms with Crippen molar-refractivity contribution in [1.29, 1.82) is 0 Å². The molecule has 2 aromatic heterocycles. The molecule has 0 aliphatic carbocycles. The lowest BCUT2D eigenvalue weighted by atomic mass is 10.3. The molecule has 0 aliphatic heterocycles. The fourth-order valence-corrected chi connectivity index (χ4v) is 2.30. The van der Waals surface area contributed by atoms with E-state index in [1.54, 1.807) is 19.1 Å². The summed E-state index contributed by atoms with van der Waals surface area (Å²) in [6, 6.07) is 5.90. The first kappa shape index (κ1) is 13.4. The summed E-state index contributed by atoms with van der Waals surface area (Å²) in [5.74, 6) is -0.412. The second kappa shape index (κ2) is 5.33. The van der Waals surface area contributed by atoms with Gasteiger partial charge in [-0.25, -0.2) is 4.98 Å². The van der Waals surface area contributed by atoms with Crippen molar-refractivity contribution in [3.8, 4) is 0 Å². The lowest BCUT2D eigenvalue weighted by Gasteiger charge is -2.06. The number of halogens is 1. The summed E-state index contributed by atoms with van der Waals surface area (Å²) in [6.45, 7) is 1.71. The van der Waals surface area contributed by atoms with Gasteiger partial charge in [-0.1, -0.05) is 22.9 Å². The van der Waals surface area contributed by atoms with Crippen LogP contribution in [0.4, 0.5) is 10.7 Å². The van der Waals surface area contributed by atoms with E-state index in [0.29, 0.717) is 16.5 Å². The molecule has 6 nitrogen and oxygen atoms in total. The molecule has 1 amide bonds. The van der Waals surface area contributed by atoms with Crippen LogP contribution in [0.3, 0.4) is 0 Å². The van der Waals surface area contributed by atoms with Crippen molar-refractivity contribution in [2.45, 2.75) is 6.92 Å². The summed E-state index contributed by atoms with van der Waals surface area (Å²) >= 11 is 6.53. The van der Waals surface area contributed by atoms with Crippen molar-refractivity contribution in [3.63, 3.8) is 0 Å². The minimum Gasteiger partial charge on any atom is -0.320 e. The number of aromatic nitrogens is 1. The van der Waals surface area contributed by atoms with Crippen molar-refractivity contribution in [1.82, 2.24) is 4.98 Å². The maximum absolute atomic E-state index is 11.9. The standard InChI is InChI=1S/C11H8ClN3O3S/c1-6-7(2-4-9(12)13-6)14-11(16)8-3-5-10(19-8)15(17)18/h2-5H,1H3,(H,14,16). The molecule has 0 aliphatic rings. The number of thiophene rings is 1. The van der Waals surface area contributed by atoms with Crippen LogP contribution in [0.15, 0.2) is 24.3 Å². The molecule has 2 rings (SSSR count). The van der Waals surface area contributed by atoms with Crippen LogP contribution in [0.25, 0.3) is 0 Å². The van der Waals surface area contributed by atoms with Crippen LogP contribution >= 0.6 is 22.9 Å². The Balaban J connectivity index is 2.18. The van der Waals surface area contributed by atoms with E-state index < -0.39 is 10.8 Å². The topological polar surface area (TPSA) is 85.1 Å². The van der Waals surface area contributed by atoms with E-state index >= 15 is 0 Å². The molecular weight excluding hydrogens is 290 g/mol. The number of nitro groups is 1. The molecular formula is C11H8ClN3O3S. The largest absolute Gasteiger partial charge is 0.324 e. The highest BCUT2D eigenvalue weighted by Crippen LogP contribution is 2.25. The Kier molecular flexibility index (Phi) is 3.77. The van der Waals surface area contributed by atoms with Gasteiger partial charge in [0.2, 0.25) is 0 Å². The maximum Gasteiger partial charge on any atom is 0.324 e. The number of hydrogen-bond donors (Lipinski definition) is 1. The van der Waals surface area contributed by atoms with E-state index in [1.165, 1.54) is 12.1 Å². The Labute approximate surface area is 117 Å². The predicted molar refractivity (Wildman–Crippen MR) is 72.9 cm³/mol. The van der Waals surface area contributed by atoms with E-state index in [2.05, 4.69) is 10.3 Å². The lowest BCUT2D eigenvalue weighted by molar-refractivity contribution is -0.380. The number of rotatable bonds is 3. The van der Waals surface area contributed by atoms with Crippen LogP contribution < -0.4 is 5.32 Å². The number of anilines is 1. The van der Waals surface area contributed by atoms with Gasteiger partial charge in [-0.3, -0.25) is 14.9 Å². The summed E-state index contributed by atoms with van der Waals surface area (Å²) in [6.07, 6.45) is 0. The van der Waals surface area contributed by atoms with Gasteiger partial charge in [0.05, 0.1) is 21.2 Å². The highest BCUT2D eigenvalue weighted by molar-refractivity contribution is 7.17. The highest BCUT2D eigenvalue weighted by Gasteiger charge is 2.16. The fraction of sp³-hybridized carbons (Fsp3) is 0.0909. The van der Waals surface area contributed by atoms with Gasteiger partial charge in [-0.05, 0) is 25.1 Å². The Morgan fingerprint density at radius 1 is 1.42 bits per heavy atom. The van der Waals surface area contributed by atoms with Crippen molar-refractivity contribution in [3.05, 3.63) is 50.1 Å². The second-order valence-corrected chi connectivity index (χ2v) is 5.07. The summed E-state index contributed by atoms with van der Waals surface area (Å²) in [7, 11) is 0. The van der Waals surface area contributed by atoms with E-state index in [-0.39, 0.29) is 9.88 Å². The zero-order valence-corrected chi connectivity index (χ0v) is 11.3. The van der Waals surface area contributed by atoms with Crippen LogP contribution in [0.5, 0.6) is 0 Å². The summed E-state index contributed by atoms with van der Waals surface area (Å²) in [5.41, 5.74) is 1.09. The monoisotopic (exact) mass is 297 g/mol. The number of amides is 1. The summed E-state index contributed by atoms with van der Waals surface area (Å²) in [4.78, 5) is 26.2. The number of carbonyl (C=O) groups is 1. The number of carbonyl (C=O) groups excluding carboxylic acids is 1. The van der Waals surface area contributed by atoms with Gasteiger partial charge in [0.1, 0.15) is 5.15 Å². The first-order valence-corrected chi connectivity index (χ1v) is 6.35. The van der Waals surface area contributed by atoms with Crippen LogP contribution in [0.2, 0.25) is 5.15 Å². The number of nitrogens with zero attached hydrogens (tertiary/aromatic N) is 2. The van der Waals surface area contributed by atoms with E-state index in [1.807, 2.05) is 0 Å². The molecule has 0 fully saturated rings. The van der Waals surface area contributed by atoms with Gasteiger partial charge >= 0.3 is 5.00 Å². The molecule has 8 heteroatoms. The molecule has 0 spiro atoms. The quantitative estimate of drug-likeness (QED) is 0.535.